The van der Waals surface area contributed by atoms with Crippen LogP contribution in [0.25, 0.3) is 0 Å². The van der Waals surface area contributed by atoms with Gasteiger partial charge in [-0.15, -0.1) is 0 Å². The predicted molar refractivity (Wildman–Crippen MR) is 47.8 cm³/mol. The molecule has 0 heterocycles. The van der Waals surface area contributed by atoms with Crippen molar-refractivity contribution in [1.29, 1.82) is 0 Å². The van der Waals surface area contributed by atoms with Crippen LogP contribution in [0.2, 0.25) is 0 Å². The Balaban J connectivity index is 3.60. The predicted octanol–water partition coefficient (Wildman–Crippen LogP) is 3.51. The van der Waals surface area contributed by atoms with Gasteiger partial charge in [-0.25, -0.2) is 0 Å². The van der Waals surface area contributed by atoms with E-state index in [9.17, 15) is 0 Å². The summed E-state index contributed by atoms with van der Waals surface area (Å²) >= 11 is 0. The summed E-state index contributed by atoms with van der Waals surface area (Å²) in [7, 11) is 0. The highest BCUT2D eigenvalue weighted by Gasteiger charge is 1.96. The summed E-state index contributed by atoms with van der Waals surface area (Å²) in [5, 5.41) is 0. The van der Waals surface area contributed by atoms with E-state index in [1.54, 1.807) is 0 Å². The molecule has 0 fully saturated rings. The van der Waals surface area contributed by atoms with E-state index >= 15 is 0 Å². The van der Waals surface area contributed by atoms with Crippen molar-refractivity contribution in [3.8, 4) is 0 Å². The summed E-state index contributed by atoms with van der Waals surface area (Å²) in [5.74, 6) is 1.50. The quantitative estimate of drug-likeness (QED) is 0.520. The Kier molecular flexibility index (Phi) is 6.25. The van der Waals surface area contributed by atoms with Crippen LogP contribution in [-0.2, 0) is 0 Å². The molecule has 0 aliphatic rings. The first-order chi connectivity index (χ1) is 4.85. The molecule has 0 aromatic rings. The molecule has 0 saturated carbocycles. The van der Waals surface area contributed by atoms with Crippen molar-refractivity contribution >= 4 is 0 Å². The Morgan fingerprint density at radius 2 is 1.90 bits per heavy atom. The van der Waals surface area contributed by atoms with Crippen molar-refractivity contribution in [2.24, 2.45) is 0 Å². The first-order valence-electron chi connectivity index (χ1n) is 3.93. The van der Waals surface area contributed by atoms with Gasteiger partial charge in [0.05, 0.1) is 0 Å². The summed E-state index contributed by atoms with van der Waals surface area (Å²) in [6.45, 7) is 6.31. The molecule has 0 unspecified atom stereocenters. The summed E-state index contributed by atoms with van der Waals surface area (Å²) in [6.07, 6.45) is 10.9. The van der Waals surface area contributed by atoms with E-state index in [-0.39, 0.29) is 0 Å². The van der Waals surface area contributed by atoms with Gasteiger partial charge in [-0.2, -0.15) is 0 Å². The van der Waals surface area contributed by atoms with Gasteiger partial charge in [0.2, 0.25) is 0 Å². The molecular weight excluding hydrogens is 120 g/mol. The van der Waals surface area contributed by atoms with Gasteiger partial charge >= 0.3 is 0 Å². The molecule has 0 spiro atoms. The van der Waals surface area contributed by atoms with Gasteiger partial charge < -0.3 is 0 Å². The third kappa shape index (κ3) is 4.37. The van der Waals surface area contributed by atoms with Crippen LogP contribution in [-0.4, -0.2) is 0 Å². The first kappa shape index (κ1) is 9.48. The number of hydrogen-bond donors (Lipinski definition) is 0. The van der Waals surface area contributed by atoms with E-state index < -0.39 is 0 Å². The highest BCUT2D eigenvalue weighted by Crippen LogP contribution is 2.12. The van der Waals surface area contributed by atoms with Crippen LogP contribution < -0.4 is 0 Å². The van der Waals surface area contributed by atoms with Crippen LogP contribution in [0.3, 0.4) is 0 Å². The van der Waals surface area contributed by atoms with E-state index in [1.807, 2.05) is 0 Å². The molecule has 0 rings (SSSR count). The average molecular weight is 137 g/mol. The molecule has 0 atom stereocenters. The molecule has 0 aromatic carbocycles. The normalized spacial score (nSPS) is 12.4. The van der Waals surface area contributed by atoms with Gasteiger partial charge in [-0.1, -0.05) is 31.2 Å². The molecule has 0 amide bonds. The lowest BCUT2D eigenvalue weighted by molar-refractivity contribution is 0.915. The molecule has 57 valence electrons. The highest BCUT2D eigenvalue weighted by atomic mass is 14.0. The second-order valence-electron chi connectivity index (χ2n) is 2.28. The van der Waals surface area contributed by atoms with Crippen LogP contribution in [0.5, 0.6) is 0 Å². The molecule has 0 aliphatic carbocycles. The third-order valence-corrected chi connectivity index (χ3v) is 1.47. The van der Waals surface area contributed by atoms with E-state index in [0.29, 0.717) is 0 Å². The van der Waals surface area contributed by atoms with Crippen LogP contribution in [0.4, 0.5) is 0 Å². The van der Waals surface area contributed by atoms with Crippen LogP contribution in [0.1, 0.15) is 33.6 Å². The minimum absolute atomic E-state index is 1.11. The van der Waals surface area contributed by atoms with E-state index in [4.69, 9.17) is 0 Å². The highest BCUT2D eigenvalue weighted by molar-refractivity contribution is 5.11. The lowest BCUT2D eigenvalue weighted by Gasteiger charge is -2.03. The van der Waals surface area contributed by atoms with Crippen molar-refractivity contribution in [2.75, 3.05) is 0 Å². The maximum Gasteiger partial charge on any atom is 0.000723 e. The van der Waals surface area contributed by atoms with Gasteiger partial charge in [-0.3, -0.25) is 0 Å². The maximum atomic E-state index is 2.19. The van der Waals surface area contributed by atoms with Crippen molar-refractivity contribution in [3.05, 3.63) is 30.2 Å². The summed E-state index contributed by atoms with van der Waals surface area (Å²) in [4.78, 5) is 0. The van der Waals surface area contributed by atoms with Gasteiger partial charge in [0.15, 0.2) is 0 Å². The fourth-order valence-electron chi connectivity index (χ4n) is 0.835. The number of allylic oxidation sites excluding steroid dienone is 4. The van der Waals surface area contributed by atoms with Crippen LogP contribution >= 0.6 is 0 Å². The molecule has 0 bridgehead atoms. The Labute approximate surface area is 64.6 Å². The second kappa shape index (κ2) is 6.60. The monoisotopic (exact) mass is 137 g/mol. The molecule has 0 saturated heterocycles. The van der Waals surface area contributed by atoms with Crippen molar-refractivity contribution in [2.45, 2.75) is 33.6 Å². The van der Waals surface area contributed by atoms with Gasteiger partial charge in [-0.05, 0) is 26.7 Å². The van der Waals surface area contributed by atoms with Gasteiger partial charge in [0, 0.05) is 5.92 Å². The zero-order chi connectivity index (χ0) is 7.82. The fraction of sp³-hybridized carbons (Fsp3) is 0.500. The summed E-state index contributed by atoms with van der Waals surface area (Å²) < 4.78 is 0. The number of rotatable bonds is 4. The Morgan fingerprint density at radius 1 is 1.20 bits per heavy atom. The van der Waals surface area contributed by atoms with Crippen molar-refractivity contribution in [3.63, 3.8) is 0 Å². The second-order valence-corrected chi connectivity index (χ2v) is 2.28. The number of hydrogen-bond acceptors (Lipinski definition) is 0. The molecule has 10 heavy (non-hydrogen) atoms. The zero-order valence-electron chi connectivity index (χ0n) is 7.22. The lowest BCUT2D eigenvalue weighted by atomic mass is 10.0. The average Bonchev–Trinajstić information content (AvgIpc) is 1.98. The Morgan fingerprint density at radius 3 is 2.30 bits per heavy atom. The van der Waals surface area contributed by atoms with Crippen LogP contribution in [0.15, 0.2) is 24.3 Å². The fourth-order valence-corrected chi connectivity index (χ4v) is 0.835. The third-order valence-electron chi connectivity index (χ3n) is 1.47. The van der Waals surface area contributed by atoms with Crippen molar-refractivity contribution in [1.82, 2.24) is 0 Å². The first-order valence-corrected chi connectivity index (χ1v) is 3.93. The molecule has 0 nitrogen and oxygen atoms in total. The Bertz CT molecular complexity index is 109. The lowest BCUT2D eigenvalue weighted by Crippen LogP contribution is -1.87. The van der Waals surface area contributed by atoms with E-state index in [1.165, 1.54) is 5.92 Å². The van der Waals surface area contributed by atoms with E-state index in [0.717, 1.165) is 12.8 Å². The SMILES string of the molecule is CC=CC[C](C=CC)CC. The minimum Gasteiger partial charge on any atom is -0.0916 e. The maximum absolute atomic E-state index is 2.19. The molecule has 0 aromatic heterocycles. The van der Waals surface area contributed by atoms with Crippen molar-refractivity contribution < 1.29 is 0 Å². The largest absolute Gasteiger partial charge is 0.0916 e. The molecule has 0 heteroatoms. The Hall–Kier alpha value is -0.520. The summed E-state index contributed by atoms with van der Waals surface area (Å²) in [6, 6.07) is 0. The topological polar surface area (TPSA) is 0 Å². The van der Waals surface area contributed by atoms with E-state index in [2.05, 4.69) is 45.1 Å². The molecule has 1 radical (unpaired) electrons. The van der Waals surface area contributed by atoms with Gasteiger partial charge in [0.25, 0.3) is 0 Å². The zero-order valence-corrected chi connectivity index (χ0v) is 7.22. The molecule has 0 aliphatic heterocycles. The molecule has 0 N–H and O–H groups in total. The van der Waals surface area contributed by atoms with Crippen LogP contribution in [0, 0.1) is 5.92 Å². The minimum atomic E-state index is 1.11. The molecular formula is C10H17. The standard InChI is InChI=1S/C10H17/c1-4-7-9-10(6-3)8-5-2/h4-5,7-8H,6,9H2,1-3H3. The summed E-state index contributed by atoms with van der Waals surface area (Å²) in [5.41, 5.74) is 0. The smallest absolute Gasteiger partial charge is 0.000723 e. The van der Waals surface area contributed by atoms with Gasteiger partial charge in [0.1, 0.15) is 0 Å².